The Kier molecular flexibility index (Phi) is 9.18. The molecule has 0 radical (unpaired) electrons. The van der Waals surface area contributed by atoms with E-state index in [0.717, 1.165) is 70.9 Å². The van der Waals surface area contributed by atoms with Crippen LogP contribution in [-0.4, -0.2) is 83.6 Å². The molecule has 2 saturated heterocycles. The van der Waals surface area contributed by atoms with Crippen molar-refractivity contribution >= 4 is 34.3 Å². The van der Waals surface area contributed by atoms with Gasteiger partial charge >= 0.3 is 12.1 Å². The summed E-state index contributed by atoms with van der Waals surface area (Å²) in [6.45, 7) is 4.44. The summed E-state index contributed by atoms with van der Waals surface area (Å²) in [6.07, 6.45) is -0.132. The van der Waals surface area contributed by atoms with E-state index in [-0.39, 0.29) is 33.1 Å². The zero-order valence-corrected chi connectivity index (χ0v) is 22.7. The number of nitrogens with zero attached hydrogens (tertiary/aromatic N) is 3. The predicted molar refractivity (Wildman–Crippen MR) is 141 cm³/mol. The summed E-state index contributed by atoms with van der Waals surface area (Å²) in [5.41, 5.74) is -0.795. The molecule has 3 fully saturated rings. The monoisotopic (exact) mass is 588 g/mol. The van der Waals surface area contributed by atoms with Crippen LogP contribution < -0.4 is 15.7 Å². The van der Waals surface area contributed by atoms with Gasteiger partial charge in [-0.05, 0) is 50.7 Å². The quantitative estimate of drug-likeness (QED) is 0.488. The zero-order valence-electron chi connectivity index (χ0n) is 21.9. The number of benzene rings is 1. The van der Waals surface area contributed by atoms with Crippen molar-refractivity contribution in [2.75, 3.05) is 44.8 Å². The molecule has 1 aliphatic carbocycles. The predicted octanol–water partition coefficient (Wildman–Crippen LogP) is 3.52. The Morgan fingerprint density at radius 1 is 1.05 bits per heavy atom. The molecule has 1 aromatic carbocycles. The van der Waals surface area contributed by atoms with E-state index in [4.69, 9.17) is 9.47 Å². The van der Waals surface area contributed by atoms with E-state index in [0.29, 0.717) is 24.9 Å². The van der Waals surface area contributed by atoms with Crippen LogP contribution in [0.25, 0.3) is 10.9 Å². The molecule has 220 valence electrons. The van der Waals surface area contributed by atoms with Crippen molar-refractivity contribution in [2.45, 2.75) is 67.8 Å². The van der Waals surface area contributed by atoms with Gasteiger partial charge in [-0.3, -0.25) is 9.69 Å². The number of hydrogen-bond donors (Lipinski definition) is 1. The second-order valence-electron chi connectivity index (χ2n) is 10.3. The Morgan fingerprint density at radius 2 is 1.73 bits per heavy atom. The van der Waals surface area contributed by atoms with E-state index < -0.39 is 28.9 Å². The Balaban J connectivity index is 1.37. The lowest BCUT2D eigenvalue weighted by atomic mass is 9.89. The molecule has 0 spiro atoms. The fraction of sp³-hybridized carbons (Fsp3) is 0.654. The summed E-state index contributed by atoms with van der Waals surface area (Å²) in [7, 11) is 0. The van der Waals surface area contributed by atoms with E-state index in [2.05, 4.69) is 20.0 Å². The number of morpholine rings is 1. The highest BCUT2D eigenvalue weighted by Crippen LogP contribution is 2.29. The molecule has 3 heterocycles. The van der Waals surface area contributed by atoms with Crippen LogP contribution in [0.5, 0.6) is 0 Å². The number of hydrogen-bond acceptors (Lipinski definition) is 9. The Morgan fingerprint density at radius 3 is 2.40 bits per heavy atom. The molecule has 1 N–H and O–H groups in total. The molecule has 14 heteroatoms. The van der Waals surface area contributed by atoms with Crippen molar-refractivity contribution in [1.82, 2.24) is 14.6 Å². The summed E-state index contributed by atoms with van der Waals surface area (Å²) < 4.78 is 65.0. The Labute approximate surface area is 232 Å². The number of halogens is 4. The largest absolute Gasteiger partial charge is 0.493 e. The summed E-state index contributed by atoms with van der Waals surface area (Å²) in [5, 5.41) is 2.93. The van der Waals surface area contributed by atoms with Gasteiger partial charge in [0.2, 0.25) is 0 Å². The van der Waals surface area contributed by atoms with E-state index in [9.17, 15) is 22.8 Å². The molecule has 40 heavy (non-hydrogen) atoms. The molecule has 9 nitrogen and oxygen atoms in total. The molecule has 0 bridgehead atoms. The van der Waals surface area contributed by atoms with Crippen LogP contribution in [0, 0.1) is 5.82 Å². The molecular formula is C26H32F4N4O5S. The van der Waals surface area contributed by atoms with Gasteiger partial charge in [0.05, 0.1) is 24.5 Å². The number of aromatic nitrogens is 2. The molecule has 5 rings (SSSR count). The van der Waals surface area contributed by atoms with Gasteiger partial charge in [-0.25, -0.2) is 14.2 Å². The standard InChI is InChI=1S/C26H32F4N4O5S/c27-20-13-17(31-16-1-3-18(4-2-16)33-7-11-38-12-8-33)14-21-23(20)24(35)34(39-25(36)26(28,29)30)22(32-21)15-40-19-5-9-37-10-6-19/h13-14,16,18-19,31H,1-12,15H2. The van der Waals surface area contributed by atoms with Crippen LogP contribution in [0.4, 0.5) is 23.2 Å². The van der Waals surface area contributed by atoms with Crippen LogP contribution in [0.15, 0.2) is 16.9 Å². The van der Waals surface area contributed by atoms with Gasteiger partial charge in [0.25, 0.3) is 5.56 Å². The fourth-order valence-electron chi connectivity index (χ4n) is 5.50. The number of nitrogens with one attached hydrogen (secondary N) is 1. The lowest BCUT2D eigenvalue weighted by molar-refractivity contribution is -0.200. The van der Waals surface area contributed by atoms with Crippen molar-refractivity contribution in [1.29, 1.82) is 0 Å². The first-order valence-electron chi connectivity index (χ1n) is 13.5. The van der Waals surface area contributed by atoms with E-state index in [1.54, 1.807) is 0 Å². The van der Waals surface area contributed by atoms with Crippen LogP contribution in [0.3, 0.4) is 0 Å². The number of alkyl halides is 3. The topological polar surface area (TPSA) is 94.9 Å². The summed E-state index contributed by atoms with van der Waals surface area (Å²) >= 11 is 1.37. The van der Waals surface area contributed by atoms with Crippen molar-refractivity contribution in [3.8, 4) is 0 Å². The normalized spacial score (nSPS) is 23.3. The number of carbonyl (C=O) groups excluding carboxylic acids is 1. The van der Waals surface area contributed by atoms with Crippen molar-refractivity contribution < 1.29 is 36.7 Å². The minimum absolute atomic E-state index is 0.00812. The van der Waals surface area contributed by atoms with E-state index in [1.807, 2.05) is 0 Å². The Bertz CT molecular complexity index is 1260. The zero-order chi connectivity index (χ0) is 28.3. The van der Waals surface area contributed by atoms with E-state index in [1.165, 1.54) is 17.8 Å². The third-order valence-electron chi connectivity index (χ3n) is 7.60. The van der Waals surface area contributed by atoms with Crippen molar-refractivity contribution in [3.05, 3.63) is 34.1 Å². The SMILES string of the molecule is O=C(On1c(CSC2CCOCC2)nc2cc(NC3CCC(N4CCOCC4)CC3)cc(F)c2c1=O)C(F)(F)F. The minimum atomic E-state index is -5.34. The molecule has 0 unspecified atom stereocenters. The van der Waals surface area contributed by atoms with Crippen LogP contribution in [0.1, 0.15) is 44.3 Å². The molecular weight excluding hydrogens is 556 g/mol. The minimum Gasteiger partial charge on any atom is -0.382 e. The average Bonchev–Trinajstić information content (AvgIpc) is 2.94. The van der Waals surface area contributed by atoms with Gasteiger partial charge in [-0.1, -0.05) is 0 Å². The second-order valence-corrected chi connectivity index (χ2v) is 11.6. The maximum atomic E-state index is 15.2. The number of ether oxygens (including phenoxy) is 2. The first-order chi connectivity index (χ1) is 19.2. The smallest absolute Gasteiger partial charge is 0.382 e. The van der Waals surface area contributed by atoms with Crippen molar-refractivity contribution in [2.24, 2.45) is 0 Å². The molecule has 0 amide bonds. The maximum Gasteiger partial charge on any atom is 0.493 e. The number of carbonyl (C=O) groups is 1. The summed E-state index contributed by atoms with van der Waals surface area (Å²) in [6, 6.07) is 3.24. The van der Waals surface area contributed by atoms with Gasteiger partial charge in [0.15, 0.2) is 5.82 Å². The third kappa shape index (κ3) is 6.89. The van der Waals surface area contributed by atoms with Gasteiger partial charge < -0.3 is 19.6 Å². The van der Waals surface area contributed by atoms with E-state index >= 15 is 4.39 Å². The van der Waals surface area contributed by atoms with Gasteiger partial charge in [-0.2, -0.15) is 24.9 Å². The first kappa shape index (κ1) is 29.1. The number of fused-ring (bicyclic) bond motifs is 1. The van der Waals surface area contributed by atoms with Gasteiger partial charge in [0.1, 0.15) is 11.2 Å². The number of rotatable bonds is 7. The maximum absolute atomic E-state index is 15.2. The van der Waals surface area contributed by atoms with Crippen LogP contribution >= 0.6 is 11.8 Å². The highest BCUT2D eigenvalue weighted by atomic mass is 32.2. The van der Waals surface area contributed by atoms with Gasteiger partial charge in [0, 0.05) is 49.3 Å². The highest BCUT2D eigenvalue weighted by Gasteiger charge is 2.42. The highest BCUT2D eigenvalue weighted by molar-refractivity contribution is 7.99. The summed E-state index contributed by atoms with van der Waals surface area (Å²) in [5.74, 6) is -3.75. The molecule has 1 aromatic heterocycles. The van der Waals surface area contributed by atoms with Crippen molar-refractivity contribution in [3.63, 3.8) is 0 Å². The first-order valence-corrected chi connectivity index (χ1v) is 14.6. The number of anilines is 1. The molecule has 0 atom stereocenters. The van der Waals surface area contributed by atoms with Crippen LogP contribution in [0.2, 0.25) is 0 Å². The van der Waals surface area contributed by atoms with Crippen LogP contribution in [-0.2, 0) is 20.0 Å². The fourth-order valence-corrected chi connectivity index (χ4v) is 6.59. The lowest BCUT2D eigenvalue weighted by Gasteiger charge is -2.39. The average molecular weight is 589 g/mol. The molecule has 1 saturated carbocycles. The summed E-state index contributed by atoms with van der Waals surface area (Å²) in [4.78, 5) is 35.9. The number of thioether (sulfide) groups is 1. The lowest BCUT2D eigenvalue weighted by Crippen LogP contribution is -2.46. The second kappa shape index (κ2) is 12.6. The molecule has 3 aliphatic rings. The third-order valence-corrected chi connectivity index (χ3v) is 8.97. The molecule has 2 aliphatic heterocycles. The molecule has 2 aromatic rings. The Hall–Kier alpha value is -2.42. The van der Waals surface area contributed by atoms with Gasteiger partial charge in [-0.15, -0.1) is 4.73 Å².